The second-order valence-electron chi connectivity index (χ2n) is 6.47. The van der Waals surface area contributed by atoms with Crippen LogP contribution in [0.1, 0.15) is 18.9 Å². The van der Waals surface area contributed by atoms with E-state index in [2.05, 4.69) is 5.32 Å². The van der Waals surface area contributed by atoms with Gasteiger partial charge in [0.15, 0.2) is 0 Å². The number of nitrogens with one attached hydrogen (secondary N) is 1. The van der Waals surface area contributed by atoms with E-state index in [1.165, 1.54) is 0 Å². The van der Waals surface area contributed by atoms with Crippen LogP contribution in [-0.2, 0) is 9.59 Å². The van der Waals surface area contributed by atoms with Crippen molar-refractivity contribution in [3.05, 3.63) is 23.8 Å². The molecule has 24 heavy (non-hydrogen) atoms. The molecule has 0 radical (unpaired) electrons. The molecule has 0 spiro atoms. The Morgan fingerprint density at radius 1 is 1.42 bits per heavy atom. The van der Waals surface area contributed by atoms with Gasteiger partial charge in [-0.05, 0) is 45.6 Å². The van der Waals surface area contributed by atoms with E-state index in [0.717, 1.165) is 12.1 Å². The molecule has 1 aromatic carbocycles. The molecule has 1 aliphatic heterocycles. The van der Waals surface area contributed by atoms with Gasteiger partial charge in [-0.2, -0.15) is 0 Å². The van der Waals surface area contributed by atoms with Crippen molar-refractivity contribution in [3.8, 4) is 5.75 Å². The standard InChI is InChI=1S/C18H27N3O3/c1-5-21-12-14(11-17(21)22)18(23)19-15-7-6-13(2)10-16(15)24-9-8-20(3)4/h6-7,10,14H,5,8-9,11-12H2,1-4H3,(H,19,23). The number of likely N-dealkylation sites (tertiary alicyclic amines) is 1. The Labute approximate surface area is 143 Å². The molecule has 6 nitrogen and oxygen atoms in total. The Balaban J connectivity index is 2.03. The van der Waals surface area contributed by atoms with Crippen molar-refractivity contribution in [1.82, 2.24) is 9.80 Å². The molecule has 132 valence electrons. The van der Waals surface area contributed by atoms with Gasteiger partial charge in [0.1, 0.15) is 12.4 Å². The summed E-state index contributed by atoms with van der Waals surface area (Å²) in [5.74, 6) is 0.292. The number of ether oxygens (including phenoxy) is 1. The number of hydrogen-bond acceptors (Lipinski definition) is 4. The number of likely N-dealkylation sites (N-methyl/N-ethyl adjacent to an activating group) is 1. The lowest BCUT2D eigenvalue weighted by atomic mass is 10.1. The number of hydrogen-bond donors (Lipinski definition) is 1. The molecule has 1 N–H and O–H groups in total. The second kappa shape index (κ2) is 8.15. The van der Waals surface area contributed by atoms with Crippen LogP contribution in [0.25, 0.3) is 0 Å². The summed E-state index contributed by atoms with van der Waals surface area (Å²) in [4.78, 5) is 28.0. The Morgan fingerprint density at radius 2 is 2.17 bits per heavy atom. The molecule has 0 aliphatic carbocycles. The summed E-state index contributed by atoms with van der Waals surface area (Å²) in [6.45, 7) is 6.39. The van der Waals surface area contributed by atoms with E-state index in [9.17, 15) is 9.59 Å². The number of aryl methyl sites for hydroxylation is 1. The van der Waals surface area contributed by atoms with Crippen molar-refractivity contribution in [1.29, 1.82) is 0 Å². The summed E-state index contributed by atoms with van der Waals surface area (Å²) in [5.41, 5.74) is 1.73. The number of anilines is 1. The Hall–Kier alpha value is -2.08. The quantitative estimate of drug-likeness (QED) is 0.826. The molecule has 2 amide bonds. The van der Waals surface area contributed by atoms with Crippen LogP contribution in [-0.4, -0.2) is 62.0 Å². The molecule has 1 atom stereocenters. The summed E-state index contributed by atoms with van der Waals surface area (Å²) in [6.07, 6.45) is 0.280. The third kappa shape index (κ3) is 4.71. The first kappa shape index (κ1) is 18.3. The first-order chi connectivity index (χ1) is 11.4. The minimum Gasteiger partial charge on any atom is -0.490 e. The second-order valence-corrected chi connectivity index (χ2v) is 6.47. The first-order valence-corrected chi connectivity index (χ1v) is 8.37. The number of carbonyl (C=O) groups excluding carboxylic acids is 2. The van der Waals surface area contributed by atoms with Crippen LogP contribution in [0.4, 0.5) is 5.69 Å². The van der Waals surface area contributed by atoms with Gasteiger partial charge in [-0.25, -0.2) is 0 Å². The predicted molar refractivity (Wildman–Crippen MR) is 94.2 cm³/mol. The summed E-state index contributed by atoms with van der Waals surface area (Å²) in [5, 5.41) is 2.93. The number of amides is 2. The summed E-state index contributed by atoms with van der Waals surface area (Å²) in [7, 11) is 3.97. The van der Waals surface area contributed by atoms with E-state index in [1.807, 2.05) is 51.0 Å². The van der Waals surface area contributed by atoms with Gasteiger partial charge in [-0.3, -0.25) is 9.59 Å². The van der Waals surface area contributed by atoms with Crippen LogP contribution in [0.5, 0.6) is 5.75 Å². The van der Waals surface area contributed by atoms with Crippen molar-refractivity contribution in [2.24, 2.45) is 5.92 Å². The third-order valence-corrected chi connectivity index (χ3v) is 4.16. The molecule has 1 aromatic rings. The Bertz CT molecular complexity index is 601. The first-order valence-electron chi connectivity index (χ1n) is 8.37. The molecule has 2 rings (SSSR count). The molecule has 0 bridgehead atoms. The van der Waals surface area contributed by atoms with Gasteiger partial charge in [0.25, 0.3) is 0 Å². The van der Waals surface area contributed by atoms with Gasteiger partial charge in [-0.1, -0.05) is 6.07 Å². The minimum atomic E-state index is -0.298. The normalized spacial score (nSPS) is 17.5. The number of benzene rings is 1. The maximum Gasteiger partial charge on any atom is 0.229 e. The van der Waals surface area contributed by atoms with Gasteiger partial charge < -0.3 is 19.9 Å². The van der Waals surface area contributed by atoms with E-state index in [0.29, 0.717) is 31.1 Å². The van der Waals surface area contributed by atoms with Crippen LogP contribution < -0.4 is 10.1 Å². The minimum absolute atomic E-state index is 0.0454. The molecule has 6 heteroatoms. The largest absolute Gasteiger partial charge is 0.490 e. The zero-order valence-corrected chi connectivity index (χ0v) is 15.0. The lowest BCUT2D eigenvalue weighted by Gasteiger charge is -2.17. The highest BCUT2D eigenvalue weighted by atomic mass is 16.5. The van der Waals surface area contributed by atoms with Gasteiger partial charge in [0.05, 0.1) is 11.6 Å². The topological polar surface area (TPSA) is 61.9 Å². The third-order valence-electron chi connectivity index (χ3n) is 4.16. The molecule has 1 saturated heterocycles. The predicted octanol–water partition coefficient (Wildman–Crippen LogP) is 1.74. The molecular formula is C18H27N3O3. The highest BCUT2D eigenvalue weighted by Crippen LogP contribution is 2.27. The van der Waals surface area contributed by atoms with Crippen molar-refractivity contribution >= 4 is 17.5 Å². The van der Waals surface area contributed by atoms with Crippen LogP contribution in [0, 0.1) is 12.8 Å². The highest BCUT2D eigenvalue weighted by molar-refractivity contribution is 5.98. The van der Waals surface area contributed by atoms with Crippen LogP contribution in [0.15, 0.2) is 18.2 Å². The summed E-state index contributed by atoms with van der Waals surface area (Å²) < 4.78 is 5.82. The molecule has 1 fully saturated rings. The fraction of sp³-hybridized carbons (Fsp3) is 0.556. The monoisotopic (exact) mass is 333 g/mol. The molecule has 1 unspecified atom stereocenters. The highest BCUT2D eigenvalue weighted by Gasteiger charge is 2.33. The molecule has 1 aliphatic rings. The van der Waals surface area contributed by atoms with Gasteiger partial charge >= 0.3 is 0 Å². The maximum absolute atomic E-state index is 12.5. The van der Waals surface area contributed by atoms with E-state index < -0.39 is 0 Å². The van der Waals surface area contributed by atoms with Crippen LogP contribution in [0.3, 0.4) is 0 Å². The number of nitrogens with zero attached hydrogens (tertiary/aromatic N) is 2. The van der Waals surface area contributed by atoms with Gasteiger partial charge in [0.2, 0.25) is 11.8 Å². The van der Waals surface area contributed by atoms with Crippen LogP contribution >= 0.6 is 0 Å². The van der Waals surface area contributed by atoms with Crippen molar-refractivity contribution < 1.29 is 14.3 Å². The zero-order chi connectivity index (χ0) is 17.7. The SMILES string of the molecule is CCN1CC(C(=O)Nc2ccc(C)cc2OCCN(C)C)CC1=O. The number of carbonyl (C=O) groups is 2. The summed E-state index contributed by atoms with van der Waals surface area (Å²) >= 11 is 0. The van der Waals surface area contributed by atoms with E-state index in [-0.39, 0.29) is 24.2 Å². The van der Waals surface area contributed by atoms with Crippen molar-refractivity contribution in [2.75, 3.05) is 45.7 Å². The molecule has 0 aromatic heterocycles. The zero-order valence-electron chi connectivity index (χ0n) is 15.0. The smallest absolute Gasteiger partial charge is 0.229 e. The van der Waals surface area contributed by atoms with Gasteiger partial charge in [0, 0.05) is 26.1 Å². The average Bonchev–Trinajstić information content (AvgIpc) is 2.90. The van der Waals surface area contributed by atoms with E-state index in [4.69, 9.17) is 4.74 Å². The van der Waals surface area contributed by atoms with Crippen LogP contribution in [0.2, 0.25) is 0 Å². The fourth-order valence-electron chi connectivity index (χ4n) is 2.68. The number of rotatable bonds is 7. The lowest BCUT2D eigenvalue weighted by Crippen LogP contribution is -2.28. The molecular weight excluding hydrogens is 306 g/mol. The van der Waals surface area contributed by atoms with E-state index in [1.54, 1.807) is 4.90 Å². The molecule has 1 heterocycles. The fourth-order valence-corrected chi connectivity index (χ4v) is 2.68. The van der Waals surface area contributed by atoms with Crippen molar-refractivity contribution in [3.63, 3.8) is 0 Å². The Kier molecular flexibility index (Phi) is 6.20. The van der Waals surface area contributed by atoms with Gasteiger partial charge in [-0.15, -0.1) is 0 Å². The molecule has 0 saturated carbocycles. The maximum atomic E-state index is 12.5. The lowest BCUT2D eigenvalue weighted by molar-refractivity contribution is -0.128. The Morgan fingerprint density at radius 3 is 2.79 bits per heavy atom. The van der Waals surface area contributed by atoms with Crippen molar-refractivity contribution in [2.45, 2.75) is 20.3 Å². The average molecular weight is 333 g/mol. The van der Waals surface area contributed by atoms with E-state index >= 15 is 0 Å². The summed E-state index contributed by atoms with van der Waals surface area (Å²) in [6, 6.07) is 5.71.